The van der Waals surface area contributed by atoms with Gasteiger partial charge >= 0.3 is 5.97 Å². The first kappa shape index (κ1) is 15.3. The van der Waals surface area contributed by atoms with Gasteiger partial charge in [-0.15, -0.1) is 0 Å². The fourth-order valence-electron chi connectivity index (χ4n) is 2.51. The maximum atomic E-state index is 12.4. The van der Waals surface area contributed by atoms with Gasteiger partial charge in [0.05, 0.1) is 19.6 Å². The SMILES string of the molecule is COC(=O)C[C@@H](NC(=O)[C@@H]1CC=CCC1)c1ccccc1. The molecule has 1 aromatic carbocycles. The summed E-state index contributed by atoms with van der Waals surface area (Å²) in [4.78, 5) is 23.9. The minimum atomic E-state index is -0.336. The van der Waals surface area contributed by atoms with Gasteiger partial charge in [0, 0.05) is 5.92 Å². The first-order valence-electron chi connectivity index (χ1n) is 7.28. The number of carbonyl (C=O) groups is 2. The van der Waals surface area contributed by atoms with Crippen LogP contribution in [0, 0.1) is 5.92 Å². The second kappa shape index (κ2) is 7.62. The van der Waals surface area contributed by atoms with Crippen molar-refractivity contribution in [2.45, 2.75) is 31.7 Å². The molecule has 1 aromatic rings. The van der Waals surface area contributed by atoms with Crippen LogP contribution in [0.15, 0.2) is 42.5 Å². The summed E-state index contributed by atoms with van der Waals surface area (Å²) in [5, 5.41) is 2.99. The van der Waals surface area contributed by atoms with Crippen molar-refractivity contribution >= 4 is 11.9 Å². The normalized spacial score (nSPS) is 18.8. The summed E-state index contributed by atoms with van der Waals surface area (Å²) in [5.74, 6) is -0.316. The number of hydrogen-bond donors (Lipinski definition) is 1. The van der Waals surface area contributed by atoms with E-state index in [1.165, 1.54) is 7.11 Å². The lowest BCUT2D eigenvalue weighted by Gasteiger charge is -2.23. The monoisotopic (exact) mass is 287 g/mol. The van der Waals surface area contributed by atoms with Gasteiger partial charge in [0.2, 0.25) is 5.91 Å². The molecular formula is C17H21NO3. The van der Waals surface area contributed by atoms with Crippen LogP contribution in [0.25, 0.3) is 0 Å². The molecule has 0 heterocycles. The molecule has 21 heavy (non-hydrogen) atoms. The lowest BCUT2D eigenvalue weighted by Crippen LogP contribution is -2.35. The summed E-state index contributed by atoms with van der Waals surface area (Å²) < 4.78 is 4.73. The average Bonchev–Trinajstić information content (AvgIpc) is 2.55. The zero-order valence-electron chi connectivity index (χ0n) is 12.2. The molecule has 0 aromatic heterocycles. The van der Waals surface area contributed by atoms with Gasteiger partial charge in [0.1, 0.15) is 0 Å². The highest BCUT2D eigenvalue weighted by molar-refractivity contribution is 5.80. The molecule has 0 spiro atoms. The van der Waals surface area contributed by atoms with Gasteiger partial charge in [-0.2, -0.15) is 0 Å². The quantitative estimate of drug-likeness (QED) is 0.669. The predicted octanol–water partition coefficient (Wildman–Crippen LogP) is 2.76. The third-order valence-electron chi connectivity index (χ3n) is 3.76. The van der Waals surface area contributed by atoms with E-state index in [-0.39, 0.29) is 30.3 Å². The smallest absolute Gasteiger partial charge is 0.307 e. The van der Waals surface area contributed by atoms with E-state index < -0.39 is 0 Å². The number of rotatable bonds is 5. The third kappa shape index (κ3) is 4.45. The van der Waals surface area contributed by atoms with E-state index in [1.54, 1.807) is 0 Å². The van der Waals surface area contributed by atoms with E-state index >= 15 is 0 Å². The van der Waals surface area contributed by atoms with Gasteiger partial charge < -0.3 is 10.1 Å². The predicted molar refractivity (Wildman–Crippen MR) is 80.4 cm³/mol. The van der Waals surface area contributed by atoms with Crippen molar-refractivity contribution in [3.63, 3.8) is 0 Å². The molecule has 0 unspecified atom stereocenters. The molecule has 0 saturated heterocycles. The minimum absolute atomic E-state index is 0.00106. The first-order valence-corrected chi connectivity index (χ1v) is 7.28. The zero-order valence-corrected chi connectivity index (χ0v) is 12.2. The Balaban J connectivity index is 2.06. The highest BCUT2D eigenvalue weighted by Crippen LogP contribution is 2.22. The second-order valence-corrected chi connectivity index (χ2v) is 5.23. The summed E-state index contributed by atoms with van der Waals surface area (Å²) in [7, 11) is 1.36. The van der Waals surface area contributed by atoms with Crippen LogP contribution in [0.2, 0.25) is 0 Å². The van der Waals surface area contributed by atoms with E-state index in [0.717, 1.165) is 24.8 Å². The fraction of sp³-hybridized carbons (Fsp3) is 0.412. The minimum Gasteiger partial charge on any atom is -0.469 e. The Bertz CT molecular complexity index is 510. The highest BCUT2D eigenvalue weighted by Gasteiger charge is 2.24. The molecule has 0 fully saturated rings. The molecule has 1 aliphatic carbocycles. The topological polar surface area (TPSA) is 55.4 Å². The van der Waals surface area contributed by atoms with Crippen molar-refractivity contribution in [1.82, 2.24) is 5.32 Å². The summed E-state index contributed by atoms with van der Waals surface area (Å²) in [5.41, 5.74) is 0.919. The van der Waals surface area contributed by atoms with E-state index in [0.29, 0.717) is 0 Å². The average molecular weight is 287 g/mol. The van der Waals surface area contributed by atoms with Crippen molar-refractivity contribution in [3.8, 4) is 0 Å². The molecule has 2 atom stereocenters. The number of hydrogen-bond acceptors (Lipinski definition) is 3. The summed E-state index contributed by atoms with van der Waals surface area (Å²) >= 11 is 0. The van der Waals surface area contributed by atoms with E-state index in [1.807, 2.05) is 36.4 Å². The van der Waals surface area contributed by atoms with Crippen LogP contribution in [-0.4, -0.2) is 19.0 Å². The largest absolute Gasteiger partial charge is 0.469 e. The Kier molecular flexibility index (Phi) is 5.55. The Morgan fingerprint density at radius 2 is 2.05 bits per heavy atom. The zero-order chi connectivity index (χ0) is 15.1. The van der Waals surface area contributed by atoms with Crippen molar-refractivity contribution < 1.29 is 14.3 Å². The molecule has 0 bridgehead atoms. The van der Waals surface area contributed by atoms with Gasteiger partial charge in [-0.25, -0.2) is 0 Å². The van der Waals surface area contributed by atoms with Crippen LogP contribution in [0.4, 0.5) is 0 Å². The van der Waals surface area contributed by atoms with Crippen LogP contribution >= 0.6 is 0 Å². The first-order chi connectivity index (χ1) is 10.2. The molecule has 0 saturated carbocycles. The van der Waals surface area contributed by atoms with Gasteiger partial charge in [-0.1, -0.05) is 42.5 Å². The second-order valence-electron chi connectivity index (χ2n) is 5.23. The van der Waals surface area contributed by atoms with Crippen LogP contribution in [0.5, 0.6) is 0 Å². The number of carbonyl (C=O) groups excluding carboxylic acids is 2. The highest BCUT2D eigenvalue weighted by atomic mass is 16.5. The Labute approximate surface area is 125 Å². The number of benzene rings is 1. The van der Waals surface area contributed by atoms with Gasteiger partial charge in [0.25, 0.3) is 0 Å². The maximum absolute atomic E-state index is 12.4. The Morgan fingerprint density at radius 1 is 1.29 bits per heavy atom. The van der Waals surface area contributed by atoms with Crippen molar-refractivity contribution in [3.05, 3.63) is 48.0 Å². The van der Waals surface area contributed by atoms with Crippen LogP contribution in [0.1, 0.15) is 37.3 Å². The Morgan fingerprint density at radius 3 is 2.67 bits per heavy atom. The molecule has 4 nitrogen and oxygen atoms in total. The number of esters is 1. The Hall–Kier alpha value is -2.10. The van der Waals surface area contributed by atoms with Crippen molar-refractivity contribution in [1.29, 1.82) is 0 Å². The van der Waals surface area contributed by atoms with Crippen LogP contribution < -0.4 is 5.32 Å². The number of amides is 1. The number of nitrogens with one attached hydrogen (secondary N) is 1. The summed E-state index contributed by atoms with van der Waals surface area (Å²) in [6.45, 7) is 0. The van der Waals surface area contributed by atoms with Crippen LogP contribution in [0.3, 0.4) is 0 Å². The standard InChI is InChI=1S/C17H21NO3/c1-21-16(19)12-15(13-8-4-2-5-9-13)18-17(20)14-10-6-3-7-11-14/h2-6,8-9,14-15H,7,10-12H2,1H3,(H,18,20)/t14-,15-/m1/s1. The van der Waals surface area contributed by atoms with Crippen molar-refractivity contribution in [2.24, 2.45) is 5.92 Å². The molecule has 112 valence electrons. The number of ether oxygens (including phenoxy) is 1. The molecule has 4 heteroatoms. The van der Waals surface area contributed by atoms with Crippen LogP contribution in [-0.2, 0) is 14.3 Å². The lowest BCUT2D eigenvalue weighted by molar-refractivity contribution is -0.141. The summed E-state index contributed by atoms with van der Waals surface area (Å²) in [6.07, 6.45) is 6.87. The fourth-order valence-corrected chi connectivity index (χ4v) is 2.51. The van der Waals surface area contributed by atoms with E-state index in [9.17, 15) is 9.59 Å². The maximum Gasteiger partial charge on any atom is 0.307 e. The molecule has 1 aliphatic rings. The lowest BCUT2D eigenvalue weighted by atomic mass is 9.92. The van der Waals surface area contributed by atoms with E-state index in [2.05, 4.69) is 11.4 Å². The molecule has 0 aliphatic heterocycles. The third-order valence-corrected chi connectivity index (χ3v) is 3.76. The van der Waals surface area contributed by atoms with Gasteiger partial charge in [-0.05, 0) is 24.8 Å². The van der Waals surface area contributed by atoms with Gasteiger partial charge in [-0.3, -0.25) is 9.59 Å². The van der Waals surface area contributed by atoms with E-state index in [4.69, 9.17) is 4.74 Å². The summed E-state index contributed by atoms with van der Waals surface area (Å²) in [6, 6.07) is 9.19. The molecular weight excluding hydrogens is 266 g/mol. The molecule has 1 N–H and O–H groups in total. The number of methoxy groups -OCH3 is 1. The molecule has 0 radical (unpaired) electrons. The molecule has 1 amide bonds. The number of allylic oxidation sites excluding steroid dienone is 2. The van der Waals surface area contributed by atoms with Crippen molar-refractivity contribution in [2.75, 3.05) is 7.11 Å². The van der Waals surface area contributed by atoms with Gasteiger partial charge in [0.15, 0.2) is 0 Å². The molecule has 2 rings (SSSR count).